The Morgan fingerprint density at radius 1 is 1.24 bits per heavy atom. The van der Waals surface area contributed by atoms with Crippen LogP contribution in [0.3, 0.4) is 0 Å². The Kier molecular flexibility index (Phi) is 4.64. The molecule has 154 valence electrons. The standard InChI is InChI=1S/C19H20FN3O6/c20-10-6-7-13-12(8-10)19(9-14(29-13)15(21)24)16(25)22-17(26)23(19)18(27)28-11-4-2-1-3-5-11/h6-8,11,14H,1-5,9H2,(H2,21,24)(H,22,25,26). The lowest BCUT2D eigenvalue weighted by Gasteiger charge is -2.40. The van der Waals surface area contributed by atoms with Crippen molar-refractivity contribution in [3.8, 4) is 5.75 Å². The van der Waals surface area contributed by atoms with Gasteiger partial charge in [0.1, 0.15) is 17.7 Å². The Balaban J connectivity index is 1.78. The Morgan fingerprint density at radius 3 is 2.66 bits per heavy atom. The van der Waals surface area contributed by atoms with E-state index in [1.54, 1.807) is 0 Å². The van der Waals surface area contributed by atoms with Gasteiger partial charge in [0, 0.05) is 12.0 Å². The van der Waals surface area contributed by atoms with Crippen molar-refractivity contribution in [2.24, 2.45) is 5.73 Å². The molecule has 0 radical (unpaired) electrons. The van der Waals surface area contributed by atoms with Gasteiger partial charge in [0.15, 0.2) is 11.6 Å². The molecular weight excluding hydrogens is 385 g/mol. The minimum atomic E-state index is -1.99. The van der Waals surface area contributed by atoms with Crippen molar-refractivity contribution in [1.82, 2.24) is 10.2 Å². The number of fused-ring (bicyclic) bond motifs is 2. The molecule has 3 aliphatic rings. The highest BCUT2D eigenvalue weighted by molar-refractivity contribution is 6.14. The fourth-order valence-corrected chi connectivity index (χ4v) is 4.24. The van der Waals surface area contributed by atoms with Crippen LogP contribution >= 0.6 is 0 Å². The number of nitrogens with two attached hydrogens (primary N) is 1. The molecule has 3 N–H and O–H groups in total. The number of hydrogen-bond donors (Lipinski definition) is 2. The number of imide groups is 2. The van der Waals surface area contributed by atoms with Crippen molar-refractivity contribution in [1.29, 1.82) is 0 Å². The maximum Gasteiger partial charge on any atom is 0.419 e. The van der Waals surface area contributed by atoms with Crippen LogP contribution < -0.4 is 15.8 Å². The Morgan fingerprint density at radius 2 is 1.97 bits per heavy atom. The van der Waals surface area contributed by atoms with Gasteiger partial charge in [-0.2, -0.15) is 0 Å². The first-order chi connectivity index (χ1) is 13.8. The first-order valence-electron chi connectivity index (χ1n) is 9.45. The number of ether oxygens (including phenoxy) is 2. The fourth-order valence-electron chi connectivity index (χ4n) is 4.24. The number of nitrogens with one attached hydrogen (secondary N) is 1. The molecule has 1 spiro atoms. The molecule has 1 aromatic carbocycles. The molecule has 1 saturated heterocycles. The van der Waals surface area contributed by atoms with E-state index in [2.05, 4.69) is 5.32 Å². The van der Waals surface area contributed by atoms with Crippen molar-refractivity contribution in [2.75, 3.05) is 0 Å². The molecule has 2 unspecified atom stereocenters. The van der Waals surface area contributed by atoms with Gasteiger partial charge in [-0.15, -0.1) is 0 Å². The normalized spacial score (nSPS) is 26.7. The third-order valence-electron chi connectivity index (χ3n) is 5.64. The van der Waals surface area contributed by atoms with Crippen LogP contribution in [0.1, 0.15) is 44.1 Å². The number of urea groups is 1. The lowest BCUT2D eigenvalue weighted by atomic mass is 9.80. The van der Waals surface area contributed by atoms with Crippen LogP contribution in [0, 0.1) is 5.82 Å². The molecule has 0 aromatic heterocycles. The molecule has 29 heavy (non-hydrogen) atoms. The van der Waals surface area contributed by atoms with E-state index in [1.165, 1.54) is 6.07 Å². The van der Waals surface area contributed by atoms with Crippen molar-refractivity contribution >= 4 is 23.9 Å². The van der Waals surface area contributed by atoms with Gasteiger partial charge < -0.3 is 15.2 Å². The summed E-state index contributed by atoms with van der Waals surface area (Å²) in [5.41, 5.74) is 3.34. The molecule has 2 atom stereocenters. The predicted molar refractivity (Wildman–Crippen MR) is 95.0 cm³/mol. The first kappa shape index (κ1) is 19.2. The molecule has 9 nitrogen and oxygen atoms in total. The second-order valence-electron chi connectivity index (χ2n) is 7.45. The van der Waals surface area contributed by atoms with Gasteiger partial charge in [0.05, 0.1) is 0 Å². The molecule has 0 bridgehead atoms. The number of rotatable bonds is 2. The Labute approximate surface area is 165 Å². The van der Waals surface area contributed by atoms with Crippen molar-refractivity contribution in [3.63, 3.8) is 0 Å². The number of primary amides is 1. The average molecular weight is 405 g/mol. The summed E-state index contributed by atoms with van der Waals surface area (Å²) in [6.45, 7) is 0. The van der Waals surface area contributed by atoms with Gasteiger partial charge in [0.2, 0.25) is 0 Å². The van der Waals surface area contributed by atoms with Gasteiger partial charge in [0.25, 0.3) is 11.8 Å². The molecule has 2 fully saturated rings. The molecule has 5 amide bonds. The molecule has 2 aliphatic heterocycles. The summed E-state index contributed by atoms with van der Waals surface area (Å²) in [4.78, 5) is 50.9. The van der Waals surface area contributed by atoms with E-state index in [9.17, 15) is 23.6 Å². The van der Waals surface area contributed by atoms with E-state index in [4.69, 9.17) is 15.2 Å². The van der Waals surface area contributed by atoms with Gasteiger partial charge >= 0.3 is 12.1 Å². The summed E-state index contributed by atoms with van der Waals surface area (Å²) in [5, 5.41) is 2.08. The average Bonchev–Trinajstić information content (AvgIpc) is 2.93. The van der Waals surface area contributed by atoms with Crippen LogP contribution in [-0.4, -0.2) is 41.0 Å². The number of nitrogens with zero attached hydrogens (tertiary/aromatic N) is 1. The molecule has 1 saturated carbocycles. The maximum absolute atomic E-state index is 14.0. The Bertz CT molecular complexity index is 900. The van der Waals surface area contributed by atoms with Crippen molar-refractivity contribution < 1.29 is 33.0 Å². The van der Waals surface area contributed by atoms with E-state index in [-0.39, 0.29) is 17.4 Å². The molecule has 1 aliphatic carbocycles. The zero-order valence-electron chi connectivity index (χ0n) is 15.5. The molecule has 10 heteroatoms. The van der Waals surface area contributed by atoms with Crippen LogP contribution in [0.15, 0.2) is 18.2 Å². The number of amides is 5. The summed E-state index contributed by atoms with van der Waals surface area (Å²) in [6.07, 6.45) is 0.979. The van der Waals surface area contributed by atoms with Gasteiger partial charge in [-0.1, -0.05) is 6.42 Å². The number of hydrogen-bond acceptors (Lipinski definition) is 6. The summed E-state index contributed by atoms with van der Waals surface area (Å²) in [6, 6.07) is 2.31. The van der Waals surface area contributed by atoms with Gasteiger partial charge in [-0.3, -0.25) is 14.9 Å². The first-order valence-corrected chi connectivity index (χ1v) is 9.45. The van der Waals surface area contributed by atoms with Crippen LogP contribution in [0.5, 0.6) is 5.75 Å². The lowest BCUT2D eigenvalue weighted by molar-refractivity contribution is -0.134. The highest BCUT2D eigenvalue weighted by Crippen LogP contribution is 2.47. The molecule has 2 heterocycles. The monoisotopic (exact) mass is 405 g/mol. The topological polar surface area (TPSA) is 128 Å². The summed E-state index contributed by atoms with van der Waals surface area (Å²) >= 11 is 0. The highest BCUT2D eigenvalue weighted by atomic mass is 19.1. The minimum Gasteiger partial charge on any atom is -0.480 e. The number of halogens is 1. The zero-order chi connectivity index (χ0) is 20.8. The minimum absolute atomic E-state index is 0.0123. The van der Waals surface area contributed by atoms with Crippen molar-refractivity contribution in [2.45, 2.75) is 56.3 Å². The number of carbonyl (C=O) groups excluding carboxylic acids is 4. The molecule has 1 aromatic rings. The third-order valence-corrected chi connectivity index (χ3v) is 5.64. The zero-order valence-corrected chi connectivity index (χ0v) is 15.5. The fraction of sp³-hybridized carbons (Fsp3) is 0.474. The lowest BCUT2D eigenvalue weighted by Crippen LogP contribution is -2.57. The quantitative estimate of drug-likeness (QED) is 0.721. The van der Waals surface area contributed by atoms with Crippen molar-refractivity contribution in [3.05, 3.63) is 29.6 Å². The van der Waals surface area contributed by atoms with E-state index in [1.807, 2.05) is 0 Å². The number of benzene rings is 1. The van der Waals surface area contributed by atoms with Gasteiger partial charge in [-0.25, -0.2) is 18.9 Å². The summed E-state index contributed by atoms with van der Waals surface area (Å²) in [5.74, 6) is -2.46. The van der Waals surface area contributed by atoms with Crippen LogP contribution in [-0.2, 0) is 19.9 Å². The smallest absolute Gasteiger partial charge is 0.419 e. The summed E-state index contributed by atoms with van der Waals surface area (Å²) in [7, 11) is 0. The third kappa shape index (κ3) is 3.08. The van der Waals surface area contributed by atoms with Crippen LogP contribution in [0.4, 0.5) is 14.0 Å². The molecular formula is C19H20FN3O6. The van der Waals surface area contributed by atoms with Crippen LogP contribution in [0.2, 0.25) is 0 Å². The number of carbonyl (C=O) groups is 4. The van der Waals surface area contributed by atoms with E-state index in [0.717, 1.165) is 31.4 Å². The Hall–Kier alpha value is -3.17. The van der Waals surface area contributed by atoms with E-state index < -0.39 is 47.8 Å². The van der Waals surface area contributed by atoms with E-state index >= 15 is 0 Å². The maximum atomic E-state index is 14.0. The largest absolute Gasteiger partial charge is 0.480 e. The highest BCUT2D eigenvalue weighted by Gasteiger charge is 2.62. The van der Waals surface area contributed by atoms with E-state index in [0.29, 0.717) is 17.7 Å². The second kappa shape index (κ2) is 7.02. The van der Waals surface area contributed by atoms with Gasteiger partial charge in [-0.05, 0) is 43.9 Å². The summed E-state index contributed by atoms with van der Waals surface area (Å²) < 4.78 is 25.0. The second-order valence-corrected chi connectivity index (χ2v) is 7.45. The molecule has 4 rings (SSSR count). The predicted octanol–water partition coefficient (Wildman–Crippen LogP) is 1.68. The van der Waals surface area contributed by atoms with Crippen LogP contribution in [0.25, 0.3) is 0 Å². The SMILES string of the molecule is NC(=O)C1CC2(C(=O)NC(=O)N2C(=O)OC2CCCCC2)c2cc(F)ccc2O1.